The van der Waals surface area contributed by atoms with Crippen LogP contribution in [-0.4, -0.2) is 18.4 Å². The largest absolute Gasteiger partial charge is 0.368 e. The number of benzene rings is 1. The average molecular weight is 228 g/mol. The van der Waals surface area contributed by atoms with E-state index >= 15 is 0 Å². The number of nitrogens with one attached hydrogen (secondary N) is 1. The van der Waals surface area contributed by atoms with Gasteiger partial charge in [-0.25, -0.2) is 8.78 Å². The Balaban J connectivity index is 2.75. The molecule has 0 aliphatic rings. The van der Waals surface area contributed by atoms with Crippen molar-refractivity contribution in [2.45, 2.75) is 6.43 Å². The Labute approximate surface area is 90.4 Å². The van der Waals surface area contributed by atoms with Gasteiger partial charge < -0.3 is 11.1 Å². The SMILES string of the molecule is NC(=O)CNC(=O)c1cccc(C(F)F)c1. The maximum absolute atomic E-state index is 12.3. The quantitative estimate of drug-likeness (QED) is 0.801. The van der Waals surface area contributed by atoms with E-state index in [0.717, 1.165) is 6.07 Å². The van der Waals surface area contributed by atoms with Crippen LogP contribution in [0.4, 0.5) is 8.78 Å². The second-order valence-electron chi connectivity index (χ2n) is 3.08. The Hall–Kier alpha value is -1.98. The fourth-order valence-electron chi connectivity index (χ4n) is 1.09. The average Bonchev–Trinajstić information content (AvgIpc) is 2.26. The van der Waals surface area contributed by atoms with Gasteiger partial charge in [-0.1, -0.05) is 12.1 Å². The highest BCUT2D eigenvalue weighted by Gasteiger charge is 2.11. The van der Waals surface area contributed by atoms with Crippen molar-refractivity contribution < 1.29 is 18.4 Å². The van der Waals surface area contributed by atoms with Crippen LogP contribution in [0.25, 0.3) is 0 Å². The molecular formula is C10H10F2N2O2. The molecule has 3 N–H and O–H groups in total. The van der Waals surface area contributed by atoms with E-state index in [1.807, 2.05) is 0 Å². The Morgan fingerprint density at radius 2 is 2.06 bits per heavy atom. The number of alkyl halides is 2. The number of amides is 2. The minimum atomic E-state index is -2.64. The summed E-state index contributed by atoms with van der Waals surface area (Å²) in [6, 6.07) is 5.01. The van der Waals surface area contributed by atoms with E-state index < -0.39 is 18.2 Å². The van der Waals surface area contributed by atoms with Crippen LogP contribution < -0.4 is 11.1 Å². The lowest BCUT2D eigenvalue weighted by atomic mass is 10.1. The van der Waals surface area contributed by atoms with Crippen LogP contribution >= 0.6 is 0 Å². The first kappa shape index (κ1) is 12.1. The summed E-state index contributed by atoms with van der Waals surface area (Å²) in [5.41, 5.74) is 4.65. The van der Waals surface area contributed by atoms with Crippen molar-refractivity contribution in [3.63, 3.8) is 0 Å². The standard InChI is InChI=1S/C10H10F2N2O2/c11-9(12)6-2-1-3-7(4-6)10(16)14-5-8(13)15/h1-4,9H,5H2,(H2,13,15)(H,14,16). The van der Waals surface area contributed by atoms with E-state index in [1.165, 1.54) is 18.2 Å². The van der Waals surface area contributed by atoms with Gasteiger partial charge in [-0.3, -0.25) is 9.59 Å². The summed E-state index contributed by atoms with van der Waals surface area (Å²) in [5.74, 6) is -1.31. The molecule has 1 rings (SSSR count). The highest BCUT2D eigenvalue weighted by atomic mass is 19.3. The van der Waals surface area contributed by atoms with E-state index in [9.17, 15) is 18.4 Å². The Morgan fingerprint density at radius 3 is 2.62 bits per heavy atom. The molecule has 0 saturated carbocycles. The molecule has 0 aromatic heterocycles. The summed E-state index contributed by atoms with van der Waals surface area (Å²) in [7, 11) is 0. The van der Waals surface area contributed by atoms with Crippen LogP contribution in [0.5, 0.6) is 0 Å². The van der Waals surface area contributed by atoms with Crippen LogP contribution in [-0.2, 0) is 4.79 Å². The molecule has 16 heavy (non-hydrogen) atoms. The lowest BCUT2D eigenvalue weighted by Crippen LogP contribution is -2.33. The van der Waals surface area contributed by atoms with Crippen molar-refractivity contribution >= 4 is 11.8 Å². The second kappa shape index (κ2) is 5.20. The van der Waals surface area contributed by atoms with Crippen LogP contribution in [0.1, 0.15) is 22.3 Å². The van der Waals surface area contributed by atoms with Crippen molar-refractivity contribution in [1.82, 2.24) is 5.32 Å². The Kier molecular flexibility index (Phi) is 3.93. The van der Waals surface area contributed by atoms with Crippen LogP contribution in [0.2, 0.25) is 0 Å². The smallest absolute Gasteiger partial charge is 0.263 e. The predicted molar refractivity (Wildman–Crippen MR) is 52.9 cm³/mol. The van der Waals surface area contributed by atoms with Gasteiger partial charge in [0.2, 0.25) is 5.91 Å². The Morgan fingerprint density at radius 1 is 1.38 bits per heavy atom. The van der Waals surface area contributed by atoms with Crippen molar-refractivity contribution in [1.29, 1.82) is 0 Å². The number of halogens is 2. The molecule has 1 aromatic rings. The zero-order valence-corrected chi connectivity index (χ0v) is 8.24. The van der Waals surface area contributed by atoms with Crippen LogP contribution in [0.15, 0.2) is 24.3 Å². The van der Waals surface area contributed by atoms with Crippen molar-refractivity contribution in [3.05, 3.63) is 35.4 Å². The number of carbonyl (C=O) groups is 2. The van der Waals surface area contributed by atoms with Gasteiger partial charge in [0.15, 0.2) is 0 Å². The molecule has 2 amide bonds. The van der Waals surface area contributed by atoms with Crippen molar-refractivity contribution in [2.75, 3.05) is 6.54 Å². The van der Waals surface area contributed by atoms with E-state index in [2.05, 4.69) is 5.32 Å². The van der Waals surface area contributed by atoms with Gasteiger partial charge in [-0.2, -0.15) is 0 Å². The van der Waals surface area contributed by atoms with E-state index in [4.69, 9.17) is 5.73 Å². The molecule has 0 saturated heterocycles. The molecule has 86 valence electrons. The number of hydrogen-bond acceptors (Lipinski definition) is 2. The molecule has 4 nitrogen and oxygen atoms in total. The third-order valence-electron chi connectivity index (χ3n) is 1.82. The number of nitrogens with two attached hydrogens (primary N) is 1. The number of hydrogen-bond donors (Lipinski definition) is 2. The molecule has 0 atom stereocenters. The molecule has 0 spiro atoms. The first-order valence-corrected chi connectivity index (χ1v) is 4.45. The molecular weight excluding hydrogens is 218 g/mol. The highest BCUT2D eigenvalue weighted by molar-refractivity contribution is 5.96. The van der Waals surface area contributed by atoms with E-state index in [0.29, 0.717) is 0 Å². The third-order valence-corrected chi connectivity index (χ3v) is 1.82. The predicted octanol–water partition coefficient (Wildman–Crippen LogP) is 0.839. The normalized spacial score (nSPS) is 10.2. The summed E-state index contributed by atoms with van der Waals surface area (Å²) in [6.07, 6.45) is -2.64. The number of carbonyl (C=O) groups excluding carboxylic acids is 2. The minimum Gasteiger partial charge on any atom is -0.368 e. The van der Waals surface area contributed by atoms with Crippen molar-refractivity contribution in [2.24, 2.45) is 5.73 Å². The molecule has 6 heteroatoms. The lowest BCUT2D eigenvalue weighted by Gasteiger charge is -2.04. The summed E-state index contributed by atoms with van der Waals surface area (Å²) in [5, 5.41) is 2.21. The van der Waals surface area contributed by atoms with Gasteiger partial charge in [-0.05, 0) is 12.1 Å². The summed E-state index contributed by atoms with van der Waals surface area (Å²) >= 11 is 0. The number of primary amides is 1. The molecule has 0 fully saturated rings. The molecule has 1 aromatic carbocycles. The third kappa shape index (κ3) is 3.30. The van der Waals surface area contributed by atoms with Crippen LogP contribution in [0, 0.1) is 0 Å². The van der Waals surface area contributed by atoms with Gasteiger partial charge in [0.05, 0.1) is 6.54 Å². The van der Waals surface area contributed by atoms with Crippen molar-refractivity contribution in [3.8, 4) is 0 Å². The van der Waals surface area contributed by atoms with Gasteiger partial charge >= 0.3 is 0 Å². The zero-order chi connectivity index (χ0) is 12.1. The van der Waals surface area contributed by atoms with Gasteiger partial charge in [-0.15, -0.1) is 0 Å². The molecule has 0 heterocycles. The molecule has 0 radical (unpaired) electrons. The molecule has 0 aliphatic heterocycles. The summed E-state index contributed by atoms with van der Waals surface area (Å²) in [4.78, 5) is 21.8. The van der Waals surface area contributed by atoms with Crippen LogP contribution in [0.3, 0.4) is 0 Å². The second-order valence-corrected chi connectivity index (χ2v) is 3.08. The maximum atomic E-state index is 12.3. The first-order valence-electron chi connectivity index (χ1n) is 4.45. The first-order chi connectivity index (χ1) is 7.50. The fourth-order valence-corrected chi connectivity index (χ4v) is 1.09. The van der Waals surface area contributed by atoms with Gasteiger partial charge in [0.1, 0.15) is 0 Å². The lowest BCUT2D eigenvalue weighted by molar-refractivity contribution is -0.117. The number of rotatable bonds is 4. The fraction of sp³-hybridized carbons (Fsp3) is 0.200. The molecule has 0 unspecified atom stereocenters. The van der Waals surface area contributed by atoms with Gasteiger partial charge in [0, 0.05) is 11.1 Å². The topological polar surface area (TPSA) is 72.2 Å². The molecule has 0 bridgehead atoms. The monoisotopic (exact) mass is 228 g/mol. The minimum absolute atomic E-state index is 0.0686. The summed E-state index contributed by atoms with van der Waals surface area (Å²) in [6.45, 7) is -0.322. The highest BCUT2D eigenvalue weighted by Crippen LogP contribution is 2.19. The molecule has 0 aliphatic carbocycles. The Bertz CT molecular complexity index is 408. The van der Waals surface area contributed by atoms with E-state index in [-0.39, 0.29) is 17.7 Å². The van der Waals surface area contributed by atoms with E-state index in [1.54, 1.807) is 0 Å². The summed E-state index contributed by atoms with van der Waals surface area (Å²) < 4.78 is 24.6. The zero-order valence-electron chi connectivity index (χ0n) is 8.24. The van der Waals surface area contributed by atoms with Gasteiger partial charge in [0.25, 0.3) is 12.3 Å². The maximum Gasteiger partial charge on any atom is 0.263 e.